The van der Waals surface area contributed by atoms with Crippen LogP contribution in [0.4, 0.5) is 0 Å². The lowest BCUT2D eigenvalue weighted by Gasteiger charge is -2.13. The van der Waals surface area contributed by atoms with Crippen molar-refractivity contribution in [1.82, 2.24) is 5.32 Å². The van der Waals surface area contributed by atoms with Crippen LogP contribution in [0.2, 0.25) is 0 Å². The molecule has 1 N–H and O–H groups in total. The average Bonchev–Trinajstić information content (AvgIpc) is 2.26. The Morgan fingerprint density at radius 1 is 1.38 bits per heavy atom. The molecule has 0 saturated heterocycles. The van der Waals surface area contributed by atoms with E-state index in [4.69, 9.17) is 0 Å². The summed E-state index contributed by atoms with van der Waals surface area (Å²) in [6.45, 7) is 5.91. The molecule has 0 aliphatic carbocycles. The van der Waals surface area contributed by atoms with Crippen LogP contribution in [0.5, 0.6) is 0 Å². The number of carbonyl (C=O) groups is 2. The number of ether oxygens (including phenoxy) is 1. The van der Waals surface area contributed by atoms with Crippen molar-refractivity contribution in [3.05, 3.63) is 0 Å². The average molecular weight is 247 g/mol. The van der Waals surface area contributed by atoms with Crippen LogP contribution in [-0.2, 0) is 14.3 Å². The SMILES string of the molecule is CCC(C)NC(=O)CSC(C)CC(=O)OC. The number of hydrogen-bond donors (Lipinski definition) is 1. The zero-order chi connectivity index (χ0) is 12.6. The quantitative estimate of drug-likeness (QED) is 0.694. The predicted octanol–water partition coefficient (Wildman–Crippen LogP) is 1.59. The van der Waals surface area contributed by atoms with Crippen molar-refractivity contribution in [2.75, 3.05) is 12.9 Å². The maximum absolute atomic E-state index is 11.4. The highest BCUT2D eigenvalue weighted by Gasteiger charge is 2.12. The highest BCUT2D eigenvalue weighted by molar-refractivity contribution is 8.00. The van der Waals surface area contributed by atoms with Crippen LogP contribution >= 0.6 is 11.8 Å². The summed E-state index contributed by atoms with van der Waals surface area (Å²) >= 11 is 1.47. The highest BCUT2D eigenvalue weighted by atomic mass is 32.2. The zero-order valence-electron chi connectivity index (χ0n) is 10.4. The molecule has 4 nitrogen and oxygen atoms in total. The second-order valence-corrected chi connectivity index (χ2v) is 5.21. The number of methoxy groups -OCH3 is 1. The van der Waals surface area contributed by atoms with Gasteiger partial charge in [0, 0.05) is 11.3 Å². The van der Waals surface area contributed by atoms with Crippen molar-refractivity contribution < 1.29 is 14.3 Å². The van der Waals surface area contributed by atoms with Crippen molar-refractivity contribution in [3.63, 3.8) is 0 Å². The van der Waals surface area contributed by atoms with Crippen molar-refractivity contribution in [3.8, 4) is 0 Å². The van der Waals surface area contributed by atoms with Crippen LogP contribution < -0.4 is 5.32 Å². The predicted molar refractivity (Wildman–Crippen MR) is 66.4 cm³/mol. The topological polar surface area (TPSA) is 55.4 Å². The molecule has 2 unspecified atom stereocenters. The van der Waals surface area contributed by atoms with E-state index in [1.807, 2.05) is 20.8 Å². The molecule has 5 heteroatoms. The van der Waals surface area contributed by atoms with Crippen LogP contribution in [0.25, 0.3) is 0 Å². The van der Waals surface area contributed by atoms with Crippen molar-refractivity contribution in [1.29, 1.82) is 0 Å². The Morgan fingerprint density at radius 3 is 2.50 bits per heavy atom. The maximum Gasteiger partial charge on any atom is 0.306 e. The van der Waals surface area contributed by atoms with Gasteiger partial charge in [-0.3, -0.25) is 9.59 Å². The number of hydrogen-bond acceptors (Lipinski definition) is 4. The lowest BCUT2D eigenvalue weighted by molar-refractivity contribution is -0.140. The molecular formula is C11H21NO3S. The molecule has 1 amide bonds. The third-order valence-electron chi connectivity index (χ3n) is 2.20. The second-order valence-electron chi connectivity index (χ2n) is 3.78. The number of amides is 1. The first-order valence-electron chi connectivity index (χ1n) is 5.47. The second kappa shape index (κ2) is 8.44. The molecule has 0 aromatic heterocycles. The van der Waals surface area contributed by atoms with Crippen LogP contribution in [-0.4, -0.2) is 36.0 Å². The lowest BCUT2D eigenvalue weighted by atomic mass is 10.3. The van der Waals surface area contributed by atoms with Gasteiger partial charge in [0.05, 0.1) is 19.3 Å². The van der Waals surface area contributed by atoms with Gasteiger partial charge in [0.15, 0.2) is 0 Å². The van der Waals surface area contributed by atoms with E-state index in [9.17, 15) is 9.59 Å². The third kappa shape index (κ3) is 7.56. The summed E-state index contributed by atoms with van der Waals surface area (Å²) in [7, 11) is 1.37. The third-order valence-corrected chi connectivity index (χ3v) is 3.37. The Morgan fingerprint density at radius 2 is 2.00 bits per heavy atom. The molecule has 0 heterocycles. The Balaban J connectivity index is 3.70. The monoisotopic (exact) mass is 247 g/mol. The summed E-state index contributed by atoms with van der Waals surface area (Å²) in [6, 6.07) is 0.212. The lowest BCUT2D eigenvalue weighted by Crippen LogP contribution is -2.33. The van der Waals surface area contributed by atoms with Gasteiger partial charge < -0.3 is 10.1 Å². The Kier molecular flexibility index (Phi) is 8.07. The summed E-state index contributed by atoms with van der Waals surface area (Å²) in [6.07, 6.45) is 1.27. The van der Waals surface area contributed by atoms with Crippen LogP contribution in [0.1, 0.15) is 33.6 Å². The fourth-order valence-electron chi connectivity index (χ4n) is 1.01. The van der Waals surface area contributed by atoms with E-state index in [0.717, 1.165) is 6.42 Å². The normalized spacial score (nSPS) is 14.0. The first kappa shape index (κ1) is 15.3. The van der Waals surface area contributed by atoms with Gasteiger partial charge in [0.2, 0.25) is 5.91 Å². The molecular weight excluding hydrogens is 226 g/mol. The molecule has 94 valence electrons. The largest absolute Gasteiger partial charge is 0.469 e. The summed E-state index contributed by atoms with van der Waals surface area (Å²) in [4.78, 5) is 22.4. The molecule has 0 fully saturated rings. The smallest absolute Gasteiger partial charge is 0.306 e. The van der Waals surface area contributed by atoms with E-state index in [-0.39, 0.29) is 23.2 Å². The summed E-state index contributed by atoms with van der Waals surface area (Å²) in [5.74, 6) is 0.182. The van der Waals surface area contributed by atoms with E-state index >= 15 is 0 Å². The van der Waals surface area contributed by atoms with Crippen molar-refractivity contribution >= 4 is 23.6 Å². The van der Waals surface area contributed by atoms with Gasteiger partial charge in [0.1, 0.15) is 0 Å². The molecule has 0 radical (unpaired) electrons. The molecule has 0 aromatic rings. The number of rotatable bonds is 7. The van der Waals surface area contributed by atoms with Crippen molar-refractivity contribution in [2.45, 2.75) is 44.9 Å². The molecule has 2 atom stereocenters. The minimum Gasteiger partial charge on any atom is -0.469 e. The minimum absolute atomic E-state index is 0.0241. The van der Waals surface area contributed by atoms with Crippen LogP contribution in [0.15, 0.2) is 0 Å². The van der Waals surface area contributed by atoms with Gasteiger partial charge in [-0.2, -0.15) is 0 Å². The summed E-state index contributed by atoms with van der Waals surface area (Å²) < 4.78 is 4.56. The molecule has 16 heavy (non-hydrogen) atoms. The zero-order valence-corrected chi connectivity index (χ0v) is 11.2. The summed E-state index contributed by atoms with van der Waals surface area (Å²) in [5, 5.41) is 2.98. The molecule has 0 rings (SSSR count). The molecule has 0 bridgehead atoms. The Labute approximate surface area is 101 Å². The molecule has 0 aliphatic heterocycles. The van der Waals surface area contributed by atoms with E-state index in [1.54, 1.807) is 0 Å². The number of carbonyl (C=O) groups excluding carboxylic acids is 2. The molecule has 0 aliphatic rings. The standard InChI is InChI=1S/C11H21NO3S/c1-5-8(2)12-10(13)7-16-9(3)6-11(14)15-4/h8-9H,5-7H2,1-4H3,(H,12,13). The first-order chi connectivity index (χ1) is 7.49. The Hall–Kier alpha value is -0.710. The van der Waals surface area contributed by atoms with E-state index in [2.05, 4.69) is 10.1 Å². The molecule has 0 saturated carbocycles. The van der Waals surface area contributed by atoms with Gasteiger partial charge in [-0.15, -0.1) is 11.8 Å². The van der Waals surface area contributed by atoms with Crippen LogP contribution in [0, 0.1) is 0 Å². The van der Waals surface area contributed by atoms with E-state index in [0.29, 0.717) is 12.2 Å². The van der Waals surface area contributed by atoms with Gasteiger partial charge in [-0.05, 0) is 13.3 Å². The molecule has 0 aromatic carbocycles. The van der Waals surface area contributed by atoms with Crippen molar-refractivity contribution in [2.24, 2.45) is 0 Å². The van der Waals surface area contributed by atoms with Gasteiger partial charge in [-0.1, -0.05) is 13.8 Å². The first-order valence-corrected chi connectivity index (χ1v) is 6.52. The fourth-order valence-corrected chi connectivity index (χ4v) is 1.79. The van der Waals surface area contributed by atoms with E-state index in [1.165, 1.54) is 18.9 Å². The minimum atomic E-state index is -0.234. The molecule has 0 spiro atoms. The van der Waals surface area contributed by atoms with Crippen LogP contribution in [0.3, 0.4) is 0 Å². The fraction of sp³-hybridized carbons (Fsp3) is 0.818. The van der Waals surface area contributed by atoms with Gasteiger partial charge >= 0.3 is 5.97 Å². The number of nitrogens with one attached hydrogen (secondary N) is 1. The maximum atomic E-state index is 11.4. The van der Waals surface area contributed by atoms with Gasteiger partial charge in [-0.25, -0.2) is 0 Å². The summed E-state index contributed by atoms with van der Waals surface area (Å²) in [5.41, 5.74) is 0. The van der Waals surface area contributed by atoms with E-state index < -0.39 is 0 Å². The highest BCUT2D eigenvalue weighted by Crippen LogP contribution is 2.14. The Bertz CT molecular complexity index is 233. The number of thioether (sulfide) groups is 1. The van der Waals surface area contributed by atoms with Gasteiger partial charge in [0.25, 0.3) is 0 Å². The number of esters is 1.